The summed E-state index contributed by atoms with van der Waals surface area (Å²) in [7, 11) is 0. The largest absolute Gasteiger partial charge is 0.369 e. The summed E-state index contributed by atoms with van der Waals surface area (Å²) >= 11 is 0. The topological polar surface area (TPSA) is 58.2 Å². The number of rotatable bonds is 1. The fraction of sp³-hybridized carbons (Fsp3) is 0.667. The lowest BCUT2D eigenvalue weighted by molar-refractivity contribution is -0.113. The van der Waals surface area contributed by atoms with Gasteiger partial charge in [-0.05, 0) is 13.8 Å². The Balaban J connectivity index is 1.85. The van der Waals surface area contributed by atoms with Gasteiger partial charge >= 0.3 is 0 Å². The molecule has 1 amide bonds. The number of carbonyl (C=O) groups excluding carboxylic acids is 1. The van der Waals surface area contributed by atoms with E-state index in [9.17, 15) is 13.6 Å². The van der Waals surface area contributed by atoms with E-state index in [4.69, 9.17) is 4.74 Å². The van der Waals surface area contributed by atoms with Crippen LogP contribution >= 0.6 is 0 Å². The standard InChI is InChI=1S/C12H15F2N3O2/c1-6-3-8-9(7(2)19-6)15-16-10(8)11(18)17-4-12(13,14)5-17/h6-7H,3-5H2,1-2H3,(H,15,16)/t6-,7+/m1/s1. The molecule has 0 saturated carbocycles. The Bertz CT molecular complexity index is 521. The second-order valence-electron chi connectivity index (χ2n) is 5.27. The summed E-state index contributed by atoms with van der Waals surface area (Å²) in [6, 6.07) is 0. The maximum atomic E-state index is 12.8. The Morgan fingerprint density at radius 2 is 2.16 bits per heavy atom. The number of hydrogen-bond acceptors (Lipinski definition) is 3. The lowest BCUT2D eigenvalue weighted by Gasteiger charge is -2.38. The van der Waals surface area contributed by atoms with E-state index < -0.39 is 24.9 Å². The highest BCUT2D eigenvalue weighted by atomic mass is 19.3. The van der Waals surface area contributed by atoms with Crippen molar-refractivity contribution < 1.29 is 18.3 Å². The van der Waals surface area contributed by atoms with Gasteiger partial charge in [-0.3, -0.25) is 9.89 Å². The minimum Gasteiger partial charge on any atom is -0.369 e. The molecule has 1 saturated heterocycles. The summed E-state index contributed by atoms with van der Waals surface area (Å²) in [4.78, 5) is 13.3. The number of likely N-dealkylation sites (tertiary alicyclic amines) is 1. The molecule has 0 aliphatic carbocycles. The number of aromatic nitrogens is 2. The number of nitrogens with zero attached hydrogens (tertiary/aromatic N) is 2. The Morgan fingerprint density at radius 3 is 2.79 bits per heavy atom. The van der Waals surface area contributed by atoms with Gasteiger partial charge in [-0.25, -0.2) is 8.78 Å². The molecular formula is C12H15F2N3O2. The van der Waals surface area contributed by atoms with Gasteiger partial charge in [0.2, 0.25) is 0 Å². The normalized spacial score (nSPS) is 28.7. The number of alkyl halides is 2. The van der Waals surface area contributed by atoms with E-state index in [-0.39, 0.29) is 17.9 Å². The van der Waals surface area contributed by atoms with Crippen LogP contribution in [0.5, 0.6) is 0 Å². The van der Waals surface area contributed by atoms with Gasteiger partial charge < -0.3 is 9.64 Å². The third-order valence-electron chi connectivity index (χ3n) is 3.57. The molecule has 0 aromatic carbocycles. The molecular weight excluding hydrogens is 256 g/mol. The van der Waals surface area contributed by atoms with Crippen molar-refractivity contribution in [1.82, 2.24) is 15.1 Å². The molecule has 1 fully saturated rings. The zero-order valence-corrected chi connectivity index (χ0v) is 10.7. The van der Waals surface area contributed by atoms with Crippen molar-refractivity contribution >= 4 is 5.91 Å². The maximum Gasteiger partial charge on any atom is 0.282 e. The Morgan fingerprint density at radius 1 is 1.47 bits per heavy atom. The highest BCUT2D eigenvalue weighted by Crippen LogP contribution is 2.33. The van der Waals surface area contributed by atoms with Gasteiger partial charge in [0, 0.05) is 12.0 Å². The van der Waals surface area contributed by atoms with Crippen molar-refractivity contribution in [2.24, 2.45) is 0 Å². The van der Waals surface area contributed by atoms with Gasteiger partial charge in [-0.1, -0.05) is 0 Å². The van der Waals surface area contributed by atoms with Crippen LogP contribution in [0.4, 0.5) is 8.78 Å². The van der Waals surface area contributed by atoms with Crippen LogP contribution in [0.25, 0.3) is 0 Å². The van der Waals surface area contributed by atoms with Crippen molar-refractivity contribution in [3.8, 4) is 0 Å². The first-order chi connectivity index (χ1) is 8.87. The number of nitrogens with one attached hydrogen (secondary N) is 1. The van der Waals surface area contributed by atoms with Gasteiger partial charge in [0.15, 0.2) is 5.69 Å². The first-order valence-electron chi connectivity index (χ1n) is 6.27. The Kier molecular flexibility index (Phi) is 2.63. The number of amides is 1. The first kappa shape index (κ1) is 12.5. The van der Waals surface area contributed by atoms with E-state index in [1.807, 2.05) is 13.8 Å². The van der Waals surface area contributed by atoms with E-state index in [2.05, 4.69) is 10.2 Å². The average Bonchev–Trinajstić information content (AvgIpc) is 2.68. The van der Waals surface area contributed by atoms with Crippen LogP contribution in [0, 0.1) is 0 Å². The monoisotopic (exact) mass is 271 g/mol. The highest BCUT2D eigenvalue weighted by molar-refractivity contribution is 5.94. The summed E-state index contributed by atoms with van der Waals surface area (Å²) in [6.45, 7) is 2.75. The molecule has 1 aromatic heterocycles. The maximum absolute atomic E-state index is 12.8. The zero-order valence-electron chi connectivity index (χ0n) is 10.7. The fourth-order valence-electron chi connectivity index (χ4n) is 2.66. The number of ether oxygens (including phenoxy) is 1. The molecule has 7 heteroatoms. The van der Waals surface area contributed by atoms with Crippen molar-refractivity contribution in [2.45, 2.75) is 38.4 Å². The van der Waals surface area contributed by atoms with E-state index in [0.717, 1.165) is 16.2 Å². The molecule has 2 atom stereocenters. The van der Waals surface area contributed by atoms with Crippen molar-refractivity contribution in [3.05, 3.63) is 17.0 Å². The van der Waals surface area contributed by atoms with Crippen molar-refractivity contribution in [3.63, 3.8) is 0 Å². The second kappa shape index (κ2) is 4.00. The highest BCUT2D eigenvalue weighted by Gasteiger charge is 2.47. The van der Waals surface area contributed by atoms with E-state index in [1.54, 1.807) is 0 Å². The predicted molar refractivity (Wildman–Crippen MR) is 62.1 cm³/mol. The summed E-state index contributed by atoms with van der Waals surface area (Å²) < 4.78 is 31.2. The Labute approximate surface area is 108 Å². The minimum absolute atomic E-state index is 0.00974. The lowest BCUT2D eigenvalue weighted by Crippen LogP contribution is -2.58. The van der Waals surface area contributed by atoms with Crippen molar-refractivity contribution in [2.75, 3.05) is 13.1 Å². The third-order valence-corrected chi connectivity index (χ3v) is 3.57. The first-order valence-corrected chi connectivity index (χ1v) is 6.27. The molecule has 5 nitrogen and oxygen atoms in total. The van der Waals surface area contributed by atoms with Gasteiger partial charge in [0.1, 0.15) is 0 Å². The molecule has 19 heavy (non-hydrogen) atoms. The third kappa shape index (κ3) is 2.01. The van der Waals surface area contributed by atoms with Gasteiger partial charge in [0.25, 0.3) is 11.8 Å². The van der Waals surface area contributed by atoms with Crippen LogP contribution in [0.2, 0.25) is 0 Å². The predicted octanol–water partition coefficient (Wildman–Crippen LogP) is 1.52. The van der Waals surface area contributed by atoms with E-state index in [1.165, 1.54) is 0 Å². The van der Waals surface area contributed by atoms with Crippen LogP contribution in [0.3, 0.4) is 0 Å². The number of H-pyrrole nitrogens is 1. The quantitative estimate of drug-likeness (QED) is 0.842. The molecule has 0 bridgehead atoms. The van der Waals surface area contributed by atoms with E-state index in [0.29, 0.717) is 6.42 Å². The number of aromatic amines is 1. The minimum atomic E-state index is -2.75. The fourth-order valence-corrected chi connectivity index (χ4v) is 2.66. The van der Waals surface area contributed by atoms with Crippen LogP contribution in [0.15, 0.2) is 0 Å². The van der Waals surface area contributed by atoms with E-state index >= 15 is 0 Å². The number of fused-ring (bicyclic) bond motifs is 1. The van der Waals surface area contributed by atoms with Crippen LogP contribution in [0.1, 0.15) is 41.7 Å². The molecule has 3 heterocycles. The number of halogens is 2. The van der Waals surface area contributed by atoms with Gasteiger partial charge in [-0.2, -0.15) is 5.10 Å². The molecule has 0 unspecified atom stereocenters. The van der Waals surface area contributed by atoms with Crippen LogP contribution in [-0.4, -0.2) is 46.1 Å². The second-order valence-corrected chi connectivity index (χ2v) is 5.27. The number of hydrogen-bond donors (Lipinski definition) is 1. The molecule has 1 N–H and O–H groups in total. The molecule has 104 valence electrons. The van der Waals surface area contributed by atoms with Crippen molar-refractivity contribution in [1.29, 1.82) is 0 Å². The summed E-state index contributed by atoms with van der Waals surface area (Å²) in [5.74, 6) is -3.18. The summed E-state index contributed by atoms with van der Waals surface area (Å²) in [5, 5.41) is 6.78. The molecule has 2 aliphatic rings. The molecule has 2 aliphatic heterocycles. The molecule has 0 spiro atoms. The molecule has 0 radical (unpaired) electrons. The zero-order chi connectivity index (χ0) is 13.8. The van der Waals surface area contributed by atoms with Gasteiger partial charge in [0.05, 0.1) is 31.0 Å². The summed E-state index contributed by atoms with van der Waals surface area (Å²) in [6.07, 6.45) is 0.400. The Hall–Kier alpha value is -1.50. The lowest BCUT2D eigenvalue weighted by atomic mass is 9.98. The molecule has 3 rings (SSSR count). The van der Waals surface area contributed by atoms with Crippen LogP contribution in [-0.2, 0) is 11.2 Å². The summed E-state index contributed by atoms with van der Waals surface area (Å²) in [5.41, 5.74) is 1.83. The SMILES string of the molecule is C[C@@H]1Cc2c(C(=O)N3CC(F)(F)C3)n[nH]c2[C@H](C)O1. The average molecular weight is 271 g/mol. The molecule has 1 aromatic rings. The van der Waals surface area contributed by atoms with Crippen LogP contribution < -0.4 is 0 Å². The number of carbonyl (C=O) groups is 1. The van der Waals surface area contributed by atoms with Gasteiger partial charge in [-0.15, -0.1) is 0 Å². The smallest absolute Gasteiger partial charge is 0.282 e.